The third-order valence-electron chi connectivity index (χ3n) is 8.47. The van der Waals surface area contributed by atoms with E-state index in [9.17, 15) is 14.7 Å². The summed E-state index contributed by atoms with van der Waals surface area (Å²) < 4.78 is 0. The molecule has 1 rings (SSSR count). The molecule has 0 aromatic heterocycles. The van der Waals surface area contributed by atoms with E-state index < -0.39 is 11.9 Å². The van der Waals surface area contributed by atoms with Crippen molar-refractivity contribution in [2.75, 3.05) is 13.1 Å². The molecule has 0 saturated heterocycles. The van der Waals surface area contributed by atoms with Crippen molar-refractivity contribution < 1.29 is 14.7 Å². The second-order valence-electron chi connectivity index (χ2n) is 11.4. The zero-order chi connectivity index (χ0) is 28.7. The quantitative estimate of drug-likeness (QED) is 0.0853. The fourth-order valence-electron chi connectivity index (χ4n) is 5.88. The lowest BCUT2D eigenvalue weighted by atomic mass is 9.78. The van der Waals surface area contributed by atoms with Crippen molar-refractivity contribution in [1.29, 1.82) is 0 Å². The number of halogens is 1. The van der Waals surface area contributed by atoms with Crippen molar-refractivity contribution in [3.63, 3.8) is 0 Å². The van der Waals surface area contributed by atoms with E-state index in [0.717, 1.165) is 44.3 Å². The van der Waals surface area contributed by atoms with Crippen LogP contribution in [0.3, 0.4) is 0 Å². The lowest BCUT2D eigenvalue weighted by Crippen LogP contribution is -2.32. The number of carboxylic acid groups (broad SMARTS) is 1. The maximum atomic E-state index is 12.5. The molecule has 0 aromatic rings. The number of hydrogen-bond acceptors (Lipinski definition) is 3. The lowest BCUT2D eigenvalue weighted by Gasteiger charge is -2.28. The van der Waals surface area contributed by atoms with Gasteiger partial charge < -0.3 is 10.0 Å². The molecule has 39 heavy (non-hydrogen) atoms. The maximum absolute atomic E-state index is 12.5. The molecule has 1 amide bonds. The zero-order valence-corrected chi connectivity index (χ0v) is 26.2. The molecule has 226 valence electrons. The molecular weight excluding hydrogens is 508 g/mol. The molecule has 0 radical (unpaired) electrons. The normalized spacial score (nSPS) is 16.6. The summed E-state index contributed by atoms with van der Waals surface area (Å²) in [5.74, 6) is -0.729. The van der Waals surface area contributed by atoms with E-state index in [-0.39, 0.29) is 17.9 Å². The molecular formula is C33H59ClN2O3. The monoisotopic (exact) mass is 566 g/mol. The van der Waals surface area contributed by atoms with Gasteiger partial charge in [-0.25, -0.2) is 4.84 Å². The van der Waals surface area contributed by atoms with E-state index in [1.165, 1.54) is 77.0 Å². The molecule has 2 N–H and O–H groups in total. The molecule has 1 aliphatic rings. The van der Waals surface area contributed by atoms with Crippen molar-refractivity contribution in [1.82, 2.24) is 9.74 Å². The summed E-state index contributed by atoms with van der Waals surface area (Å²) >= 11 is 6.09. The number of amides is 1. The van der Waals surface area contributed by atoms with E-state index in [2.05, 4.69) is 11.8 Å². The molecule has 0 heterocycles. The topological polar surface area (TPSA) is 69.6 Å². The van der Waals surface area contributed by atoms with Crippen molar-refractivity contribution in [3.05, 3.63) is 23.8 Å². The van der Waals surface area contributed by atoms with Crippen LogP contribution in [0.5, 0.6) is 0 Å². The number of hydrogen-bond donors (Lipinski definition) is 2. The smallest absolute Gasteiger partial charge is 0.310 e. The highest BCUT2D eigenvalue weighted by atomic mass is 35.5. The molecule has 0 bridgehead atoms. The standard InChI is InChI=1S/C33H59ClN2O3/c1-4-7-8-9-10-11-12-13-14-15-16-17-18-21-28(30-22-19-20-23-31(30)33(38)39)24-25-29(35-34)26-27-32(37)36(5-2)6-3/h19-20,22,28-29,31,35H,4-18,21,23-27H2,1-3H3,(H,38,39). The number of aliphatic carboxylic acids is 1. The molecule has 1 aliphatic carbocycles. The third kappa shape index (κ3) is 15.9. The van der Waals surface area contributed by atoms with Crippen LogP contribution < -0.4 is 4.84 Å². The van der Waals surface area contributed by atoms with Crippen molar-refractivity contribution >= 4 is 23.7 Å². The highest BCUT2D eigenvalue weighted by Gasteiger charge is 2.29. The average molecular weight is 567 g/mol. The van der Waals surface area contributed by atoms with Gasteiger partial charge in [0, 0.05) is 25.6 Å². The number of carboxylic acids is 1. The summed E-state index contributed by atoms with van der Waals surface area (Å²) in [5.41, 5.74) is 1.07. The second-order valence-corrected chi connectivity index (χ2v) is 11.7. The summed E-state index contributed by atoms with van der Waals surface area (Å²) in [6.45, 7) is 7.74. The Balaban J connectivity index is 2.48. The van der Waals surface area contributed by atoms with Gasteiger partial charge in [0.05, 0.1) is 5.92 Å². The Morgan fingerprint density at radius 1 is 0.872 bits per heavy atom. The Kier molecular flexibility index (Phi) is 21.4. The van der Waals surface area contributed by atoms with Gasteiger partial charge in [0.1, 0.15) is 0 Å². The molecule has 0 saturated carbocycles. The Morgan fingerprint density at radius 2 is 1.44 bits per heavy atom. The van der Waals surface area contributed by atoms with Crippen LogP contribution in [0.2, 0.25) is 0 Å². The van der Waals surface area contributed by atoms with Crippen molar-refractivity contribution in [2.24, 2.45) is 11.8 Å². The summed E-state index contributed by atoms with van der Waals surface area (Å²) in [5, 5.41) is 9.86. The van der Waals surface area contributed by atoms with Crippen LogP contribution in [0, 0.1) is 11.8 Å². The van der Waals surface area contributed by atoms with Gasteiger partial charge in [-0.2, -0.15) is 0 Å². The molecule has 0 aromatic carbocycles. The number of unbranched alkanes of at least 4 members (excludes halogenated alkanes) is 12. The largest absolute Gasteiger partial charge is 0.481 e. The summed E-state index contributed by atoms with van der Waals surface area (Å²) in [6, 6.07) is 0.0448. The van der Waals surface area contributed by atoms with Crippen LogP contribution in [0.15, 0.2) is 23.8 Å². The van der Waals surface area contributed by atoms with Gasteiger partial charge in [-0.3, -0.25) is 9.59 Å². The number of allylic oxidation sites excluding steroid dienone is 3. The molecule has 0 spiro atoms. The number of rotatable bonds is 25. The van der Waals surface area contributed by atoms with Crippen molar-refractivity contribution in [3.8, 4) is 0 Å². The summed E-state index contributed by atoms with van der Waals surface area (Å²) in [7, 11) is 0. The zero-order valence-electron chi connectivity index (χ0n) is 25.4. The Bertz CT molecular complexity index is 705. The minimum absolute atomic E-state index is 0.0448. The predicted octanol–water partition coefficient (Wildman–Crippen LogP) is 9.21. The van der Waals surface area contributed by atoms with Gasteiger partial charge >= 0.3 is 5.97 Å². The molecule has 3 unspecified atom stereocenters. The first-order valence-electron chi connectivity index (χ1n) is 16.2. The molecule has 3 atom stereocenters. The van der Waals surface area contributed by atoms with Crippen molar-refractivity contribution in [2.45, 2.75) is 149 Å². The summed E-state index contributed by atoms with van der Waals surface area (Å²) in [4.78, 5) is 29.2. The van der Waals surface area contributed by atoms with Gasteiger partial charge in [0.2, 0.25) is 5.91 Å². The maximum Gasteiger partial charge on any atom is 0.310 e. The highest BCUT2D eigenvalue weighted by molar-refractivity contribution is 6.13. The van der Waals surface area contributed by atoms with Gasteiger partial charge in [0.15, 0.2) is 0 Å². The number of carbonyl (C=O) groups is 2. The Morgan fingerprint density at radius 3 is 1.95 bits per heavy atom. The summed E-state index contributed by atoms with van der Waals surface area (Å²) in [6.07, 6.45) is 27.8. The fourth-order valence-corrected chi connectivity index (χ4v) is 6.10. The van der Waals surface area contributed by atoms with E-state index >= 15 is 0 Å². The van der Waals surface area contributed by atoms with Crippen LogP contribution in [0.25, 0.3) is 0 Å². The molecule has 0 fully saturated rings. The third-order valence-corrected chi connectivity index (χ3v) is 8.77. The van der Waals surface area contributed by atoms with E-state index in [1.807, 2.05) is 37.0 Å². The lowest BCUT2D eigenvalue weighted by molar-refractivity contribution is -0.140. The molecule has 5 nitrogen and oxygen atoms in total. The van der Waals surface area contributed by atoms with Crippen LogP contribution in [-0.4, -0.2) is 41.0 Å². The molecule has 6 heteroatoms. The van der Waals surface area contributed by atoms with E-state index in [0.29, 0.717) is 19.3 Å². The van der Waals surface area contributed by atoms with E-state index in [4.69, 9.17) is 11.8 Å². The number of nitrogens with one attached hydrogen (secondary N) is 1. The van der Waals surface area contributed by atoms with Crippen LogP contribution >= 0.6 is 11.8 Å². The minimum Gasteiger partial charge on any atom is -0.481 e. The first-order chi connectivity index (χ1) is 19.0. The van der Waals surface area contributed by atoms with Gasteiger partial charge in [-0.15, -0.1) is 0 Å². The Labute approximate surface area is 245 Å². The van der Waals surface area contributed by atoms with Gasteiger partial charge in [-0.1, -0.05) is 114 Å². The first-order valence-corrected chi connectivity index (χ1v) is 16.6. The SMILES string of the molecule is CCCCCCCCCCCCCCCC(CCC(CCC(=O)N(CC)CC)NCl)C1=CC=CCC1C(=O)O. The van der Waals surface area contributed by atoms with Crippen LogP contribution in [-0.2, 0) is 9.59 Å². The Hall–Kier alpha value is -1.33. The van der Waals surface area contributed by atoms with Crippen LogP contribution in [0.1, 0.15) is 143 Å². The van der Waals surface area contributed by atoms with E-state index in [1.54, 1.807) is 0 Å². The number of carbonyl (C=O) groups excluding carboxylic acids is 1. The first kappa shape index (κ1) is 35.7. The van der Waals surface area contributed by atoms with Gasteiger partial charge in [-0.05, 0) is 63.6 Å². The predicted molar refractivity (Wildman–Crippen MR) is 166 cm³/mol. The number of nitrogens with zero attached hydrogens (tertiary/aromatic N) is 1. The average Bonchev–Trinajstić information content (AvgIpc) is 2.95. The minimum atomic E-state index is -0.724. The highest BCUT2D eigenvalue weighted by Crippen LogP contribution is 2.34. The molecule has 0 aliphatic heterocycles. The fraction of sp³-hybridized carbons (Fsp3) is 0.818. The van der Waals surface area contributed by atoms with Gasteiger partial charge in [0.25, 0.3) is 0 Å². The second kappa shape index (κ2) is 23.4. The van der Waals surface area contributed by atoms with Crippen LogP contribution in [0.4, 0.5) is 0 Å².